The molecule has 1 N–H and O–H groups in total. The Kier molecular flexibility index (Phi) is 1.65. The smallest absolute Gasteiger partial charge is 0.307 e. The zero-order valence-electron chi connectivity index (χ0n) is 7.51. The summed E-state index contributed by atoms with van der Waals surface area (Å²) in [5.41, 5.74) is 1.25. The number of hydrogen-bond acceptors (Lipinski definition) is 2. The van der Waals surface area contributed by atoms with Crippen molar-refractivity contribution in [3.8, 4) is 0 Å². The van der Waals surface area contributed by atoms with Crippen molar-refractivity contribution < 1.29 is 9.90 Å². The van der Waals surface area contributed by atoms with E-state index in [0.717, 1.165) is 5.75 Å². The van der Waals surface area contributed by atoms with Gasteiger partial charge in [0.2, 0.25) is 0 Å². The third-order valence-corrected chi connectivity index (χ3v) is 4.40. The molecule has 3 atom stereocenters. The quantitative estimate of drug-likeness (QED) is 0.765. The van der Waals surface area contributed by atoms with Crippen LogP contribution in [0.25, 0.3) is 0 Å². The van der Waals surface area contributed by atoms with E-state index in [-0.39, 0.29) is 5.92 Å². The molecule has 1 aliphatic heterocycles. The van der Waals surface area contributed by atoms with Crippen LogP contribution in [0, 0.1) is 11.8 Å². The van der Waals surface area contributed by atoms with Gasteiger partial charge >= 0.3 is 5.97 Å². The maximum atomic E-state index is 10.9. The summed E-state index contributed by atoms with van der Waals surface area (Å²) in [6, 6.07) is 8.18. The second kappa shape index (κ2) is 2.76. The Labute approximate surface area is 86.3 Å². The largest absolute Gasteiger partial charge is 0.481 e. The first-order valence-electron chi connectivity index (χ1n) is 4.73. The molecule has 1 aromatic rings. The summed E-state index contributed by atoms with van der Waals surface area (Å²) in [6.45, 7) is 0. The average molecular weight is 206 g/mol. The third-order valence-electron chi connectivity index (χ3n) is 3.16. The Morgan fingerprint density at radius 2 is 2.21 bits per heavy atom. The molecule has 1 fully saturated rings. The van der Waals surface area contributed by atoms with Gasteiger partial charge in [-0.05, 0) is 17.5 Å². The van der Waals surface area contributed by atoms with Gasteiger partial charge in [-0.3, -0.25) is 4.79 Å². The van der Waals surface area contributed by atoms with Crippen molar-refractivity contribution in [2.75, 3.05) is 5.75 Å². The van der Waals surface area contributed by atoms with Crippen LogP contribution in [0.15, 0.2) is 29.2 Å². The summed E-state index contributed by atoms with van der Waals surface area (Å²) < 4.78 is 0. The summed E-state index contributed by atoms with van der Waals surface area (Å²) in [5.74, 6) is 0.902. The molecular formula is C11H10O2S. The molecular weight excluding hydrogens is 196 g/mol. The standard InChI is InChI=1S/C11H10O2S/c12-11(13)10-7-5-14-8-4-2-1-3-6(8)9(7)10/h1-4,7,9-10H,5H2,(H,12,13)/t7?,9?,10-/m1/s1. The van der Waals surface area contributed by atoms with Gasteiger partial charge in [0.15, 0.2) is 0 Å². The Morgan fingerprint density at radius 3 is 3.00 bits per heavy atom. The highest BCUT2D eigenvalue weighted by Crippen LogP contribution is 2.60. The lowest BCUT2D eigenvalue weighted by atomic mass is 10.1. The summed E-state index contributed by atoms with van der Waals surface area (Å²) >= 11 is 1.80. The molecule has 0 saturated heterocycles. The first-order valence-corrected chi connectivity index (χ1v) is 5.72. The van der Waals surface area contributed by atoms with Crippen LogP contribution in [0.5, 0.6) is 0 Å². The number of carboxylic acids is 1. The Morgan fingerprint density at radius 1 is 1.43 bits per heavy atom. The molecule has 0 amide bonds. The lowest BCUT2D eigenvalue weighted by molar-refractivity contribution is -0.138. The highest BCUT2D eigenvalue weighted by molar-refractivity contribution is 7.99. The molecule has 2 nitrogen and oxygen atoms in total. The molecule has 2 unspecified atom stereocenters. The second-order valence-electron chi connectivity index (χ2n) is 3.90. The van der Waals surface area contributed by atoms with Crippen LogP contribution < -0.4 is 0 Å². The number of fused-ring (bicyclic) bond motifs is 3. The van der Waals surface area contributed by atoms with Crippen molar-refractivity contribution in [1.29, 1.82) is 0 Å². The zero-order chi connectivity index (χ0) is 9.71. The lowest BCUT2D eigenvalue weighted by Crippen LogP contribution is -2.00. The summed E-state index contributed by atoms with van der Waals surface area (Å²) in [5, 5.41) is 9.00. The Bertz CT molecular complexity index is 402. The molecule has 1 aromatic carbocycles. The van der Waals surface area contributed by atoms with Crippen LogP contribution in [0.1, 0.15) is 11.5 Å². The predicted octanol–water partition coefficient (Wildman–Crippen LogP) is 2.21. The van der Waals surface area contributed by atoms with Crippen molar-refractivity contribution in [2.24, 2.45) is 11.8 Å². The topological polar surface area (TPSA) is 37.3 Å². The van der Waals surface area contributed by atoms with E-state index in [4.69, 9.17) is 5.11 Å². The molecule has 1 aliphatic carbocycles. The molecule has 0 radical (unpaired) electrons. The molecule has 0 bridgehead atoms. The van der Waals surface area contributed by atoms with Gasteiger partial charge in [-0.15, -0.1) is 11.8 Å². The minimum atomic E-state index is -0.627. The fraction of sp³-hybridized carbons (Fsp3) is 0.364. The van der Waals surface area contributed by atoms with Gasteiger partial charge in [0, 0.05) is 16.6 Å². The monoisotopic (exact) mass is 206 g/mol. The zero-order valence-corrected chi connectivity index (χ0v) is 8.33. The number of carboxylic acid groups (broad SMARTS) is 1. The van der Waals surface area contributed by atoms with Crippen LogP contribution >= 0.6 is 11.8 Å². The van der Waals surface area contributed by atoms with E-state index in [1.54, 1.807) is 11.8 Å². The van der Waals surface area contributed by atoms with Gasteiger partial charge in [-0.25, -0.2) is 0 Å². The molecule has 72 valence electrons. The van der Waals surface area contributed by atoms with Gasteiger partial charge < -0.3 is 5.11 Å². The highest BCUT2D eigenvalue weighted by Gasteiger charge is 2.57. The first-order chi connectivity index (χ1) is 6.79. The van der Waals surface area contributed by atoms with Crippen LogP contribution in [0.2, 0.25) is 0 Å². The minimum Gasteiger partial charge on any atom is -0.481 e. The van der Waals surface area contributed by atoms with Crippen LogP contribution in [-0.4, -0.2) is 16.8 Å². The maximum Gasteiger partial charge on any atom is 0.307 e. The normalized spacial score (nSPS) is 33.0. The van der Waals surface area contributed by atoms with E-state index in [1.807, 2.05) is 12.1 Å². The molecule has 1 heterocycles. The number of rotatable bonds is 1. The molecule has 0 aromatic heterocycles. The van der Waals surface area contributed by atoms with Crippen molar-refractivity contribution in [1.82, 2.24) is 0 Å². The average Bonchev–Trinajstić information content (AvgIpc) is 2.92. The van der Waals surface area contributed by atoms with Crippen molar-refractivity contribution in [3.63, 3.8) is 0 Å². The highest BCUT2D eigenvalue weighted by atomic mass is 32.2. The van der Waals surface area contributed by atoms with E-state index in [1.165, 1.54) is 10.5 Å². The number of thioether (sulfide) groups is 1. The van der Waals surface area contributed by atoms with Crippen molar-refractivity contribution in [2.45, 2.75) is 10.8 Å². The van der Waals surface area contributed by atoms with Gasteiger partial charge in [0.1, 0.15) is 0 Å². The Balaban J connectivity index is 2.00. The number of hydrogen-bond donors (Lipinski definition) is 1. The van der Waals surface area contributed by atoms with E-state index < -0.39 is 5.97 Å². The van der Waals surface area contributed by atoms with Gasteiger partial charge in [-0.2, -0.15) is 0 Å². The van der Waals surface area contributed by atoms with Crippen LogP contribution in [0.3, 0.4) is 0 Å². The second-order valence-corrected chi connectivity index (χ2v) is 4.96. The maximum absolute atomic E-state index is 10.9. The van der Waals surface area contributed by atoms with Gasteiger partial charge in [-0.1, -0.05) is 18.2 Å². The third kappa shape index (κ3) is 1.02. The van der Waals surface area contributed by atoms with E-state index in [2.05, 4.69) is 12.1 Å². The lowest BCUT2D eigenvalue weighted by Gasteiger charge is -2.12. The summed E-state index contributed by atoms with van der Waals surface area (Å²) in [7, 11) is 0. The van der Waals surface area contributed by atoms with E-state index in [0.29, 0.717) is 11.8 Å². The van der Waals surface area contributed by atoms with Gasteiger partial charge in [0.05, 0.1) is 5.92 Å². The van der Waals surface area contributed by atoms with E-state index >= 15 is 0 Å². The molecule has 14 heavy (non-hydrogen) atoms. The molecule has 3 heteroatoms. The van der Waals surface area contributed by atoms with Crippen molar-refractivity contribution in [3.05, 3.63) is 29.8 Å². The molecule has 2 aliphatic rings. The predicted molar refractivity (Wildman–Crippen MR) is 54.5 cm³/mol. The Hall–Kier alpha value is -0.960. The molecule has 1 saturated carbocycles. The number of aliphatic carboxylic acids is 1. The van der Waals surface area contributed by atoms with Crippen LogP contribution in [-0.2, 0) is 4.79 Å². The number of benzene rings is 1. The first kappa shape index (κ1) is 8.36. The van der Waals surface area contributed by atoms with E-state index in [9.17, 15) is 4.79 Å². The number of carbonyl (C=O) groups is 1. The fourth-order valence-electron chi connectivity index (χ4n) is 2.42. The summed E-state index contributed by atoms with van der Waals surface area (Å²) in [6.07, 6.45) is 0. The fourth-order valence-corrected chi connectivity index (χ4v) is 3.75. The van der Waals surface area contributed by atoms with Crippen molar-refractivity contribution >= 4 is 17.7 Å². The van der Waals surface area contributed by atoms with Gasteiger partial charge in [0.25, 0.3) is 0 Å². The van der Waals surface area contributed by atoms with Crippen LogP contribution in [0.4, 0.5) is 0 Å². The minimum absolute atomic E-state index is 0.119. The summed E-state index contributed by atoms with van der Waals surface area (Å²) in [4.78, 5) is 12.2. The SMILES string of the molecule is O=C(O)[C@@H]1C2CSc3ccccc3C21. The molecule has 0 spiro atoms. The molecule has 3 rings (SSSR count).